The Bertz CT molecular complexity index is 929. The number of hydrogen-bond acceptors (Lipinski definition) is 7. The summed E-state index contributed by atoms with van der Waals surface area (Å²) in [6.07, 6.45) is 1.38. The van der Waals surface area contributed by atoms with Crippen LogP contribution in [0.4, 0.5) is 0 Å². The minimum absolute atomic E-state index is 0.0559. The van der Waals surface area contributed by atoms with Gasteiger partial charge in [-0.2, -0.15) is 5.10 Å². The van der Waals surface area contributed by atoms with Gasteiger partial charge in [-0.05, 0) is 31.4 Å². The number of hydrazone groups is 1. The molecule has 0 amide bonds. The Morgan fingerprint density at radius 2 is 2.04 bits per heavy atom. The minimum Gasteiger partial charge on any atom is -0.497 e. The molecule has 0 bridgehead atoms. The van der Waals surface area contributed by atoms with Gasteiger partial charge < -0.3 is 14.7 Å². The van der Waals surface area contributed by atoms with Crippen molar-refractivity contribution in [3.05, 3.63) is 45.0 Å². The van der Waals surface area contributed by atoms with E-state index in [2.05, 4.69) is 22.0 Å². The Kier molecular flexibility index (Phi) is 5.38. The van der Waals surface area contributed by atoms with Crippen LogP contribution < -0.4 is 10.3 Å². The van der Waals surface area contributed by atoms with Crippen molar-refractivity contribution in [2.75, 3.05) is 40.3 Å². The van der Waals surface area contributed by atoms with Crippen molar-refractivity contribution in [1.29, 1.82) is 0 Å². The van der Waals surface area contributed by atoms with E-state index in [0.717, 1.165) is 26.2 Å². The van der Waals surface area contributed by atoms with Gasteiger partial charge in [-0.25, -0.2) is 0 Å². The third kappa shape index (κ3) is 3.78. The van der Waals surface area contributed by atoms with Gasteiger partial charge >= 0.3 is 0 Å². The molecule has 1 saturated heterocycles. The highest BCUT2D eigenvalue weighted by Crippen LogP contribution is 2.22. The van der Waals surface area contributed by atoms with Crippen LogP contribution in [0.15, 0.2) is 34.2 Å². The third-order valence-electron chi connectivity index (χ3n) is 4.26. The van der Waals surface area contributed by atoms with Crippen LogP contribution in [0, 0.1) is 4.77 Å². The molecule has 0 spiro atoms. The zero-order valence-corrected chi connectivity index (χ0v) is 15.5. The normalized spacial score (nSPS) is 15.5. The quantitative estimate of drug-likeness (QED) is 0.617. The topological polar surface area (TPSA) is 86.1 Å². The number of likely N-dealkylation sites (N-methyl/N-ethyl adjacent to an activating group) is 1. The minimum atomic E-state index is -0.482. The molecule has 1 aromatic carbocycles. The molecule has 26 heavy (non-hydrogen) atoms. The number of aromatic hydroxyl groups is 1. The van der Waals surface area contributed by atoms with Crippen molar-refractivity contribution in [1.82, 2.24) is 19.5 Å². The van der Waals surface area contributed by atoms with E-state index in [4.69, 9.17) is 17.0 Å². The molecule has 0 saturated carbocycles. The number of hydrogen-bond donors (Lipinski definition) is 2. The summed E-state index contributed by atoms with van der Waals surface area (Å²) in [5.74, 6) is 0.354. The van der Waals surface area contributed by atoms with Gasteiger partial charge in [-0.15, -0.1) is 0 Å². The van der Waals surface area contributed by atoms with Gasteiger partial charge in [-0.1, -0.05) is 6.07 Å². The molecule has 9 heteroatoms. The average Bonchev–Trinajstić information content (AvgIpc) is 2.63. The van der Waals surface area contributed by atoms with Crippen LogP contribution >= 0.6 is 12.2 Å². The van der Waals surface area contributed by atoms with Gasteiger partial charge in [0.15, 0.2) is 4.77 Å². The molecule has 138 valence electrons. The van der Waals surface area contributed by atoms with Crippen molar-refractivity contribution in [3.8, 4) is 17.3 Å². The van der Waals surface area contributed by atoms with Crippen molar-refractivity contribution in [2.24, 2.45) is 5.10 Å². The first-order valence-corrected chi connectivity index (χ1v) is 8.60. The molecule has 2 aromatic rings. The van der Waals surface area contributed by atoms with Gasteiger partial charge in [-0.3, -0.25) is 19.4 Å². The number of aromatic nitrogens is 2. The molecule has 0 atom stereocenters. The Morgan fingerprint density at radius 1 is 1.31 bits per heavy atom. The Labute approximate surface area is 155 Å². The molecule has 3 rings (SSSR count). The lowest BCUT2D eigenvalue weighted by molar-refractivity contribution is 0.159. The second kappa shape index (κ2) is 7.71. The highest BCUT2D eigenvalue weighted by atomic mass is 32.1. The molecule has 8 nitrogen and oxygen atoms in total. The smallest absolute Gasteiger partial charge is 0.264 e. The van der Waals surface area contributed by atoms with E-state index in [-0.39, 0.29) is 16.2 Å². The van der Waals surface area contributed by atoms with Crippen LogP contribution in [0.25, 0.3) is 5.69 Å². The first-order valence-electron chi connectivity index (χ1n) is 8.20. The Morgan fingerprint density at radius 3 is 2.73 bits per heavy atom. The first-order chi connectivity index (χ1) is 12.5. The monoisotopic (exact) mass is 375 g/mol. The summed E-state index contributed by atoms with van der Waals surface area (Å²) in [7, 11) is 3.61. The number of benzene rings is 1. The maximum atomic E-state index is 12.3. The third-order valence-corrected chi connectivity index (χ3v) is 4.55. The second-order valence-corrected chi connectivity index (χ2v) is 6.42. The van der Waals surface area contributed by atoms with E-state index >= 15 is 0 Å². The number of nitrogens with one attached hydrogen (secondary N) is 1. The zero-order valence-electron chi connectivity index (χ0n) is 14.7. The summed E-state index contributed by atoms with van der Waals surface area (Å²) < 4.78 is 6.68. The largest absolute Gasteiger partial charge is 0.497 e. The molecule has 1 aromatic heterocycles. The van der Waals surface area contributed by atoms with Crippen LogP contribution in [-0.2, 0) is 0 Å². The summed E-state index contributed by atoms with van der Waals surface area (Å²) in [4.78, 5) is 17.0. The number of nitrogens with zero attached hydrogens (tertiary/aromatic N) is 4. The fourth-order valence-corrected chi connectivity index (χ4v) is 2.98. The molecule has 0 aliphatic carbocycles. The maximum Gasteiger partial charge on any atom is 0.264 e. The van der Waals surface area contributed by atoms with E-state index in [1.54, 1.807) is 31.4 Å². The predicted molar refractivity (Wildman–Crippen MR) is 102 cm³/mol. The van der Waals surface area contributed by atoms with Crippen molar-refractivity contribution in [2.45, 2.75) is 0 Å². The number of H-pyrrole nitrogens is 1. The average molecular weight is 375 g/mol. The molecule has 1 aliphatic rings. The summed E-state index contributed by atoms with van der Waals surface area (Å²) in [6, 6.07) is 7.04. The molecule has 1 aliphatic heterocycles. The van der Waals surface area contributed by atoms with Crippen LogP contribution in [0.5, 0.6) is 11.6 Å². The number of ether oxygens (including phenoxy) is 1. The number of aromatic amines is 1. The standard InChI is InChI=1S/C17H21N5O3S/c1-20-6-8-21(9-7-20)18-11-14-15(23)19-17(26)22(16(14)24)12-4-3-5-13(10-12)25-2/h3-5,10-11,24H,6-9H2,1-2H3,(H,19,23,26). The van der Waals surface area contributed by atoms with Gasteiger partial charge in [0.1, 0.15) is 11.3 Å². The van der Waals surface area contributed by atoms with Crippen LogP contribution in [0.2, 0.25) is 0 Å². The van der Waals surface area contributed by atoms with E-state index in [1.165, 1.54) is 10.8 Å². The lowest BCUT2D eigenvalue weighted by Crippen LogP contribution is -2.41. The maximum absolute atomic E-state index is 12.3. The fraction of sp³-hybridized carbons (Fsp3) is 0.353. The van der Waals surface area contributed by atoms with Gasteiger partial charge in [0.2, 0.25) is 5.88 Å². The summed E-state index contributed by atoms with van der Waals surface area (Å²) in [6.45, 7) is 3.32. The Balaban J connectivity index is 1.99. The number of rotatable bonds is 4. The second-order valence-electron chi connectivity index (χ2n) is 6.03. The molecular formula is C17H21N5O3S. The van der Waals surface area contributed by atoms with Crippen LogP contribution in [-0.4, -0.2) is 71.1 Å². The van der Waals surface area contributed by atoms with E-state index in [9.17, 15) is 9.90 Å². The summed E-state index contributed by atoms with van der Waals surface area (Å²) >= 11 is 5.22. The SMILES string of the molecule is COc1cccc(-n2c(O)c(C=NN3CCN(C)CC3)c(=O)[nH]c2=S)c1. The lowest BCUT2D eigenvalue weighted by Gasteiger charge is -2.30. The predicted octanol–water partition coefficient (Wildman–Crippen LogP) is 1.19. The summed E-state index contributed by atoms with van der Waals surface area (Å²) in [5, 5.41) is 16.9. The van der Waals surface area contributed by atoms with Gasteiger partial charge in [0.05, 0.1) is 19.0 Å². The fourth-order valence-electron chi connectivity index (χ4n) is 2.69. The molecular weight excluding hydrogens is 354 g/mol. The van der Waals surface area contributed by atoms with E-state index in [0.29, 0.717) is 11.4 Å². The van der Waals surface area contributed by atoms with Crippen LogP contribution in [0.1, 0.15) is 5.56 Å². The van der Waals surface area contributed by atoms with Crippen molar-refractivity contribution >= 4 is 18.4 Å². The molecule has 2 N–H and O–H groups in total. The van der Waals surface area contributed by atoms with E-state index < -0.39 is 5.56 Å². The number of methoxy groups -OCH3 is 1. The van der Waals surface area contributed by atoms with Gasteiger partial charge in [0, 0.05) is 32.2 Å². The molecule has 2 heterocycles. The molecule has 1 fully saturated rings. The molecule has 0 radical (unpaired) electrons. The number of piperazine rings is 1. The van der Waals surface area contributed by atoms with Gasteiger partial charge in [0.25, 0.3) is 5.56 Å². The highest BCUT2D eigenvalue weighted by Gasteiger charge is 2.15. The zero-order chi connectivity index (χ0) is 18.7. The van der Waals surface area contributed by atoms with Crippen molar-refractivity contribution < 1.29 is 9.84 Å². The van der Waals surface area contributed by atoms with Crippen LogP contribution in [0.3, 0.4) is 0 Å². The highest BCUT2D eigenvalue weighted by molar-refractivity contribution is 7.71. The van der Waals surface area contributed by atoms with Crippen molar-refractivity contribution in [3.63, 3.8) is 0 Å². The Hall–Kier alpha value is -2.65. The van der Waals surface area contributed by atoms with E-state index in [1.807, 2.05) is 5.01 Å². The lowest BCUT2D eigenvalue weighted by atomic mass is 10.2. The summed E-state index contributed by atoms with van der Waals surface area (Å²) in [5.41, 5.74) is 0.155. The molecule has 0 unspecified atom stereocenters. The first kappa shape index (κ1) is 18.2.